The van der Waals surface area contributed by atoms with E-state index in [-0.39, 0.29) is 12.0 Å². The number of anilines is 1. The highest BCUT2D eigenvalue weighted by atomic mass is 32.1. The first-order valence-corrected chi connectivity index (χ1v) is 9.27. The van der Waals surface area contributed by atoms with Crippen LogP contribution in [0.25, 0.3) is 0 Å². The summed E-state index contributed by atoms with van der Waals surface area (Å²) in [5, 5.41) is 3.33. The van der Waals surface area contributed by atoms with Gasteiger partial charge in [-0.2, -0.15) is 0 Å². The predicted molar refractivity (Wildman–Crippen MR) is 94.9 cm³/mol. The molecule has 1 aliphatic heterocycles. The quantitative estimate of drug-likeness (QED) is 0.780. The minimum absolute atomic E-state index is 0.118. The van der Waals surface area contributed by atoms with E-state index in [1.54, 1.807) is 11.8 Å². The maximum atomic E-state index is 12.2. The third-order valence-electron chi connectivity index (χ3n) is 3.98. The summed E-state index contributed by atoms with van der Waals surface area (Å²) < 4.78 is 9.93. The molecule has 0 spiro atoms. The molecule has 1 aromatic rings. The van der Waals surface area contributed by atoms with Gasteiger partial charge in [0.15, 0.2) is 0 Å². The lowest BCUT2D eigenvalue weighted by Crippen LogP contribution is -2.36. The summed E-state index contributed by atoms with van der Waals surface area (Å²) in [5.41, 5.74) is 1.26. The number of amides is 2. The number of carbonyl (C=O) groups is 3. The van der Waals surface area contributed by atoms with Crippen molar-refractivity contribution in [3.8, 4) is 0 Å². The second kappa shape index (κ2) is 8.84. The lowest BCUT2D eigenvalue weighted by Gasteiger charge is -2.26. The molecule has 2 amide bonds. The summed E-state index contributed by atoms with van der Waals surface area (Å²) in [6.45, 7) is 4.93. The lowest BCUT2D eigenvalue weighted by molar-refractivity contribution is -0.116. The monoisotopic (exact) mass is 368 g/mol. The summed E-state index contributed by atoms with van der Waals surface area (Å²) in [5.74, 6) is -0.583. The van der Waals surface area contributed by atoms with Crippen molar-refractivity contribution in [2.75, 3.05) is 25.6 Å². The largest absolute Gasteiger partial charge is 0.465 e. The molecule has 7 nitrogen and oxygen atoms in total. The Morgan fingerprint density at radius 3 is 2.68 bits per heavy atom. The van der Waals surface area contributed by atoms with Crippen LogP contribution in [-0.2, 0) is 27.2 Å². The SMILES string of the molecule is CCCCC(=O)Nc1sc2c(c1C(=O)OC)CCN(C(=O)OCC)C2. The maximum absolute atomic E-state index is 12.2. The molecule has 2 rings (SSSR count). The van der Waals surface area contributed by atoms with Gasteiger partial charge in [-0.1, -0.05) is 13.3 Å². The summed E-state index contributed by atoms with van der Waals surface area (Å²) in [7, 11) is 1.32. The number of rotatable bonds is 6. The number of thiophene rings is 1. The first kappa shape index (κ1) is 19.2. The van der Waals surface area contributed by atoms with E-state index in [0.717, 1.165) is 23.3 Å². The van der Waals surface area contributed by atoms with E-state index in [1.807, 2.05) is 6.92 Å². The van der Waals surface area contributed by atoms with E-state index in [4.69, 9.17) is 9.47 Å². The van der Waals surface area contributed by atoms with Crippen LogP contribution in [0.3, 0.4) is 0 Å². The van der Waals surface area contributed by atoms with Gasteiger partial charge in [-0.25, -0.2) is 9.59 Å². The molecule has 1 aliphatic rings. The number of methoxy groups -OCH3 is 1. The van der Waals surface area contributed by atoms with Crippen LogP contribution < -0.4 is 5.32 Å². The Kier molecular flexibility index (Phi) is 6.81. The number of carbonyl (C=O) groups excluding carboxylic acids is 3. The standard InChI is InChI=1S/C17H24N2O5S/c1-4-6-7-13(20)18-15-14(16(21)23-3)11-8-9-19(10-12(11)25-15)17(22)24-5-2/h4-10H2,1-3H3,(H,18,20). The van der Waals surface area contributed by atoms with Gasteiger partial charge >= 0.3 is 12.1 Å². The molecule has 1 aromatic heterocycles. The van der Waals surface area contributed by atoms with Crippen LogP contribution in [0.15, 0.2) is 0 Å². The molecule has 0 saturated carbocycles. The average Bonchev–Trinajstić information content (AvgIpc) is 2.96. The van der Waals surface area contributed by atoms with E-state index >= 15 is 0 Å². The molecule has 0 unspecified atom stereocenters. The molecule has 25 heavy (non-hydrogen) atoms. The number of unbranched alkanes of at least 4 members (excludes halogenated alkanes) is 1. The summed E-state index contributed by atoms with van der Waals surface area (Å²) >= 11 is 1.32. The number of nitrogens with one attached hydrogen (secondary N) is 1. The Hall–Kier alpha value is -2.09. The fourth-order valence-electron chi connectivity index (χ4n) is 2.71. The molecule has 0 aliphatic carbocycles. The smallest absolute Gasteiger partial charge is 0.410 e. The van der Waals surface area contributed by atoms with Gasteiger partial charge in [0.1, 0.15) is 5.00 Å². The molecule has 0 aromatic carbocycles. The van der Waals surface area contributed by atoms with E-state index in [2.05, 4.69) is 5.32 Å². The van der Waals surface area contributed by atoms with Crippen LogP contribution in [0.1, 0.15) is 53.9 Å². The fraction of sp³-hybridized carbons (Fsp3) is 0.588. The van der Waals surface area contributed by atoms with Gasteiger partial charge in [0, 0.05) is 17.8 Å². The van der Waals surface area contributed by atoms with Crippen molar-refractivity contribution in [3.05, 3.63) is 16.0 Å². The average molecular weight is 368 g/mol. The van der Waals surface area contributed by atoms with Crippen LogP contribution >= 0.6 is 11.3 Å². The van der Waals surface area contributed by atoms with Gasteiger partial charge in [-0.3, -0.25) is 4.79 Å². The minimum Gasteiger partial charge on any atom is -0.465 e. The second-order valence-corrected chi connectivity index (χ2v) is 6.83. The number of esters is 1. The number of hydrogen-bond donors (Lipinski definition) is 1. The summed E-state index contributed by atoms with van der Waals surface area (Å²) in [4.78, 5) is 38.7. The highest BCUT2D eigenvalue weighted by molar-refractivity contribution is 7.17. The Morgan fingerprint density at radius 1 is 1.28 bits per heavy atom. The normalized spacial score (nSPS) is 13.2. The van der Waals surface area contributed by atoms with Crippen molar-refractivity contribution in [3.63, 3.8) is 0 Å². The van der Waals surface area contributed by atoms with Crippen LogP contribution in [0.4, 0.5) is 9.80 Å². The van der Waals surface area contributed by atoms with E-state index in [9.17, 15) is 14.4 Å². The number of fused-ring (bicyclic) bond motifs is 1. The Labute approximate surface area is 151 Å². The zero-order valence-electron chi connectivity index (χ0n) is 14.8. The zero-order chi connectivity index (χ0) is 18.4. The first-order valence-electron chi connectivity index (χ1n) is 8.46. The highest BCUT2D eigenvalue weighted by Gasteiger charge is 2.31. The zero-order valence-corrected chi connectivity index (χ0v) is 15.7. The maximum Gasteiger partial charge on any atom is 0.410 e. The summed E-state index contributed by atoms with van der Waals surface area (Å²) in [6.07, 6.45) is 2.29. The molecule has 2 heterocycles. The van der Waals surface area contributed by atoms with Crippen molar-refractivity contribution in [1.29, 1.82) is 0 Å². The Balaban J connectivity index is 2.25. The van der Waals surface area contributed by atoms with Gasteiger partial charge in [0.25, 0.3) is 0 Å². The number of nitrogens with zero attached hydrogens (tertiary/aromatic N) is 1. The predicted octanol–water partition coefficient (Wildman–Crippen LogP) is 3.18. The van der Waals surface area contributed by atoms with Crippen LogP contribution in [0, 0.1) is 0 Å². The summed E-state index contributed by atoms with van der Waals surface area (Å²) in [6, 6.07) is 0. The number of ether oxygens (including phenoxy) is 2. The van der Waals surface area contributed by atoms with E-state index in [0.29, 0.717) is 43.1 Å². The molecule has 1 N–H and O–H groups in total. The molecule has 8 heteroatoms. The van der Waals surface area contributed by atoms with Gasteiger partial charge < -0.3 is 19.7 Å². The third-order valence-corrected chi connectivity index (χ3v) is 5.11. The van der Waals surface area contributed by atoms with Crippen molar-refractivity contribution >= 4 is 34.3 Å². The fourth-order valence-corrected chi connectivity index (χ4v) is 3.97. The minimum atomic E-state index is -0.465. The first-order chi connectivity index (χ1) is 12.0. The molecule has 0 bridgehead atoms. The molecule has 0 atom stereocenters. The lowest BCUT2D eigenvalue weighted by atomic mass is 10.0. The molecular formula is C17H24N2O5S. The molecule has 0 fully saturated rings. The Morgan fingerprint density at radius 2 is 2.04 bits per heavy atom. The van der Waals surface area contributed by atoms with Gasteiger partial charge in [-0.05, 0) is 25.3 Å². The van der Waals surface area contributed by atoms with Gasteiger partial charge in [0.05, 0.1) is 25.8 Å². The third kappa shape index (κ3) is 4.50. The number of hydrogen-bond acceptors (Lipinski definition) is 6. The van der Waals surface area contributed by atoms with Gasteiger partial charge in [0.2, 0.25) is 5.91 Å². The second-order valence-electron chi connectivity index (χ2n) is 5.72. The van der Waals surface area contributed by atoms with Crippen LogP contribution in [0.2, 0.25) is 0 Å². The van der Waals surface area contributed by atoms with Crippen molar-refractivity contribution in [1.82, 2.24) is 4.90 Å². The molecular weight excluding hydrogens is 344 g/mol. The Bertz CT molecular complexity index is 656. The van der Waals surface area contributed by atoms with Crippen LogP contribution in [0.5, 0.6) is 0 Å². The van der Waals surface area contributed by atoms with Crippen LogP contribution in [-0.4, -0.2) is 43.1 Å². The molecule has 138 valence electrons. The van der Waals surface area contributed by atoms with Crippen molar-refractivity contribution in [2.24, 2.45) is 0 Å². The van der Waals surface area contributed by atoms with E-state index in [1.165, 1.54) is 18.4 Å². The topological polar surface area (TPSA) is 84.9 Å². The highest BCUT2D eigenvalue weighted by Crippen LogP contribution is 2.37. The van der Waals surface area contributed by atoms with Crippen molar-refractivity contribution < 1.29 is 23.9 Å². The molecule has 0 saturated heterocycles. The van der Waals surface area contributed by atoms with E-state index < -0.39 is 5.97 Å². The van der Waals surface area contributed by atoms with Gasteiger partial charge in [-0.15, -0.1) is 11.3 Å². The molecule has 0 radical (unpaired) electrons. The van der Waals surface area contributed by atoms with Crippen molar-refractivity contribution in [2.45, 2.75) is 46.1 Å².